The second-order valence-corrected chi connectivity index (χ2v) is 5.38. The number of hydrogen-bond acceptors (Lipinski definition) is 1. The monoisotopic (exact) mass is 276 g/mol. The lowest BCUT2D eigenvalue weighted by Gasteiger charge is -2.14. The normalized spacial score (nSPS) is 12.6. The van der Waals surface area contributed by atoms with E-state index in [1.807, 2.05) is 18.2 Å². The highest BCUT2D eigenvalue weighted by Gasteiger charge is 2.04. The zero-order valence-corrected chi connectivity index (χ0v) is 12.3. The van der Waals surface area contributed by atoms with E-state index in [1.54, 1.807) is 0 Å². The molecule has 0 spiro atoms. The first-order chi connectivity index (χ1) is 9.19. The smallest absolute Gasteiger partial charge is 0.0473 e. The SMILES string of the molecule is CC[C@@H](C)NCc1cccn1Cc1cccc(Cl)c1. The maximum Gasteiger partial charge on any atom is 0.0473 e. The molecule has 0 bridgehead atoms. The molecule has 2 nitrogen and oxygen atoms in total. The van der Waals surface area contributed by atoms with Crippen LogP contribution < -0.4 is 5.32 Å². The minimum absolute atomic E-state index is 0.550. The highest BCUT2D eigenvalue weighted by Crippen LogP contribution is 2.13. The van der Waals surface area contributed by atoms with Crippen LogP contribution in [0.25, 0.3) is 0 Å². The van der Waals surface area contributed by atoms with Gasteiger partial charge in [-0.15, -0.1) is 0 Å². The quantitative estimate of drug-likeness (QED) is 0.841. The molecule has 1 N–H and O–H groups in total. The number of nitrogens with one attached hydrogen (secondary N) is 1. The summed E-state index contributed by atoms with van der Waals surface area (Å²) in [4.78, 5) is 0. The van der Waals surface area contributed by atoms with Crippen LogP contribution in [0.15, 0.2) is 42.6 Å². The summed E-state index contributed by atoms with van der Waals surface area (Å²) in [6.45, 7) is 6.18. The molecule has 0 radical (unpaired) electrons. The van der Waals surface area contributed by atoms with Gasteiger partial charge in [0.05, 0.1) is 0 Å². The highest BCUT2D eigenvalue weighted by atomic mass is 35.5. The molecule has 102 valence electrons. The molecule has 0 saturated heterocycles. The molecule has 0 saturated carbocycles. The summed E-state index contributed by atoms with van der Waals surface area (Å²) in [6.07, 6.45) is 3.27. The van der Waals surface area contributed by atoms with Gasteiger partial charge >= 0.3 is 0 Å². The Morgan fingerprint density at radius 2 is 2.11 bits per heavy atom. The van der Waals surface area contributed by atoms with Crippen LogP contribution in [0.5, 0.6) is 0 Å². The average Bonchev–Trinajstić information content (AvgIpc) is 2.83. The summed E-state index contributed by atoms with van der Waals surface area (Å²) in [5.41, 5.74) is 2.54. The molecule has 0 amide bonds. The molecule has 1 atom stereocenters. The Bertz CT molecular complexity index is 519. The molecule has 1 heterocycles. The Hall–Kier alpha value is -1.25. The summed E-state index contributed by atoms with van der Waals surface area (Å²) in [5, 5.41) is 4.32. The Morgan fingerprint density at radius 1 is 1.26 bits per heavy atom. The van der Waals surface area contributed by atoms with E-state index in [0.29, 0.717) is 6.04 Å². The molecule has 2 aromatic rings. The third-order valence-corrected chi connectivity index (χ3v) is 3.64. The lowest BCUT2D eigenvalue weighted by atomic mass is 10.2. The van der Waals surface area contributed by atoms with Crippen molar-refractivity contribution in [1.29, 1.82) is 0 Å². The van der Waals surface area contributed by atoms with Crippen molar-refractivity contribution in [3.63, 3.8) is 0 Å². The van der Waals surface area contributed by atoms with Crippen LogP contribution >= 0.6 is 11.6 Å². The molecule has 3 heteroatoms. The van der Waals surface area contributed by atoms with E-state index in [-0.39, 0.29) is 0 Å². The van der Waals surface area contributed by atoms with Gasteiger partial charge in [-0.1, -0.05) is 30.7 Å². The second-order valence-electron chi connectivity index (χ2n) is 4.95. The second kappa shape index (κ2) is 6.78. The molecule has 0 unspecified atom stereocenters. The molecule has 0 aliphatic heterocycles. The Labute approximate surface area is 120 Å². The fourth-order valence-corrected chi connectivity index (χ4v) is 2.23. The number of hydrogen-bond donors (Lipinski definition) is 1. The van der Waals surface area contributed by atoms with Gasteiger partial charge in [-0.3, -0.25) is 0 Å². The fraction of sp³-hybridized carbons (Fsp3) is 0.375. The van der Waals surface area contributed by atoms with Crippen molar-refractivity contribution in [2.45, 2.75) is 39.4 Å². The number of aromatic nitrogens is 1. The van der Waals surface area contributed by atoms with E-state index in [0.717, 1.165) is 24.5 Å². The van der Waals surface area contributed by atoms with Crippen molar-refractivity contribution in [2.24, 2.45) is 0 Å². The summed E-state index contributed by atoms with van der Waals surface area (Å²) < 4.78 is 2.26. The molecule has 2 rings (SSSR count). The van der Waals surface area contributed by atoms with Crippen LogP contribution in [0.3, 0.4) is 0 Å². The number of rotatable bonds is 6. The maximum absolute atomic E-state index is 6.02. The van der Waals surface area contributed by atoms with Crippen molar-refractivity contribution >= 4 is 11.6 Å². The third-order valence-electron chi connectivity index (χ3n) is 3.41. The van der Waals surface area contributed by atoms with Crippen LogP contribution in [0, 0.1) is 0 Å². The summed E-state index contributed by atoms with van der Waals surface area (Å²) in [5.74, 6) is 0. The minimum Gasteiger partial charge on any atom is -0.346 e. The fourth-order valence-electron chi connectivity index (χ4n) is 2.02. The van der Waals surface area contributed by atoms with E-state index < -0.39 is 0 Å². The molecule has 19 heavy (non-hydrogen) atoms. The summed E-state index contributed by atoms with van der Waals surface area (Å²) in [7, 11) is 0. The molecule has 0 aliphatic carbocycles. The molecular formula is C16H21ClN2. The minimum atomic E-state index is 0.550. The van der Waals surface area contributed by atoms with Gasteiger partial charge in [0, 0.05) is 36.0 Å². The van der Waals surface area contributed by atoms with Gasteiger partial charge < -0.3 is 9.88 Å². The topological polar surface area (TPSA) is 17.0 Å². The maximum atomic E-state index is 6.02. The van der Waals surface area contributed by atoms with Gasteiger partial charge in [-0.05, 0) is 43.2 Å². The van der Waals surface area contributed by atoms with Gasteiger partial charge in [0.1, 0.15) is 0 Å². The van der Waals surface area contributed by atoms with Crippen molar-refractivity contribution in [3.05, 3.63) is 58.9 Å². The summed E-state index contributed by atoms with van der Waals surface area (Å²) >= 11 is 6.02. The van der Waals surface area contributed by atoms with Crippen LogP contribution in [-0.2, 0) is 13.1 Å². The van der Waals surface area contributed by atoms with E-state index >= 15 is 0 Å². The first kappa shape index (κ1) is 14.2. The molecule has 1 aromatic carbocycles. The first-order valence-electron chi connectivity index (χ1n) is 6.81. The zero-order chi connectivity index (χ0) is 13.7. The van der Waals surface area contributed by atoms with Gasteiger partial charge in [0.2, 0.25) is 0 Å². The van der Waals surface area contributed by atoms with Gasteiger partial charge in [0.25, 0.3) is 0 Å². The predicted molar refractivity (Wildman–Crippen MR) is 81.6 cm³/mol. The molecule has 0 aliphatic rings. The van der Waals surface area contributed by atoms with Crippen molar-refractivity contribution in [3.8, 4) is 0 Å². The first-order valence-corrected chi connectivity index (χ1v) is 7.18. The third kappa shape index (κ3) is 4.12. The van der Waals surface area contributed by atoms with Crippen molar-refractivity contribution in [1.82, 2.24) is 9.88 Å². The lowest BCUT2D eigenvalue weighted by molar-refractivity contribution is 0.519. The number of benzene rings is 1. The highest BCUT2D eigenvalue weighted by molar-refractivity contribution is 6.30. The van der Waals surface area contributed by atoms with Crippen LogP contribution in [-0.4, -0.2) is 10.6 Å². The van der Waals surface area contributed by atoms with E-state index in [9.17, 15) is 0 Å². The number of nitrogens with zero attached hydrogens (tertiary/aromatic N) is 1. The van der Waals surface area contributed by atoms with Crippen LogP contribution in [0.1, 0.15) is 31.5 Å². The van der Waals surface area contributed by atoms with Crippen molar-refractivity contribution in [2.75, 3.05) is 0 Å². The average molecular weight is 277 g/mol. The Balaban J connectivity index is 2.03. The van der Waals surface area contributed by atoms with E-state index in [2.05, 4.69) is 48.1 Å². The molecular weight excluding hydrogens is 256 g/mol. The Morgan fingerprint density at radius 3 is 2.84 bits per heavy atom. The van der Waals surface area contributed by atoms with E-state index in [4.69, 9.17) is 11.6 Å². The van der Waals surface area contributed by atoms with Gasteiger partial charge in [0.15, 0.2) is 0 Å². The van der Waals surface area contributed by atoms with E-state index in [1.165, 1.54) is 11.3 Å². The van der Waals surface area contributed by atoms with Crippen molar-refractivity contribution < 1.29 is 0 Å². The Kier molecular flexibility index (Phi) is 5.06. The molecule has 0 fully saturated rings. The van der Waals surface area contributed by atoms with Crippen LogP contribution in [0.4, 0.5) is 0 Å². The predicted octanol–water partition coefficient (Wildman–Crippen LogP) is 4.08. The zero-order valence-electron chi connectivity index (χ0n) is 11.6. The van der Waals surface area contributed by atoms with Gasteiger partial charge in [-0.2, -0.15) is 0 Å². The van der Waals surface area contributed by atoms with Crippen LogP contribution in [0.2, 0.25) is 5.02 Å². The standard InChI is InChI=1S/C16H21ClN2/c1-3-13(2)18-11-16-8-5-9-19(16)12-14-6-4-7-15(17)10-14/h4-10,13,18H,3,11-12H2,1-2H3/t13-/m1/s1. The lowest BCUT2D eigenvalue weighted by Crippen LogP contribution is -2.25. The number of halogens is 1. The molecule has 1 aromatic heterocycles. The largest absolute Gasteiger partial charge is 0.346 e. The van der Waals surface area contributed by atoms with Gasteiger partial charge in [-0.25, -0.2) is 0 Å². The summed E-state index contributed by atoms with van der Waals surface area (Å²) in [6, 6.07) is 12.8.